The highest BCUT2D eigenvalue weighted by atomic mass is 16.2. The van der Waals surface area contributed by atoms with Crippen molar-refractivity contribution in [1.29, 1.82) is 0 Å². The van der Waals surface area contributed by atoms with E-state index in [1.54, 1.807) is 0 Å². The number of rotatable bonds is 7. The van der Waals surface area contributed by atoms with Gasteiger partial charge in [-0.2, -0.15) is 0 Å². The van der Waals surface area contributed by atoms with Gasteiger partial charge in [-0.3, -0.25) is 4.79 Å². The minimum Gasteiger partial charge on any atom is -0.362 e. The number of para-hydroxylation sites is 1. The van der Waals surface area contributed by atoms with Gasteiger partial charge in [0.05, 0.1) is 6.54 Å². The van der Waals surface area contributed by atoms with E-state index in [2.05, 4.69) is 29.3 Å². The average Bonchev–Trinajstić information content (AvgIpc) is 3.19. The molecule has 104 valence electrons. The van der Waals surface area contributed by atoms with Crippen molar-refractivity contribution in [2.75, 3.05) is 24.5 Å². The van der Waals surface area contributed by atoms with Gasteiger partial charge in [0.2, 0.25) is 5.91 Å². The number of carbonyl (C=O) groups is 1. The van der Waals surface area contributed by atoms with E-state index in [0.717, 1.165) is 31.5 Å². The smallest absolute Gasteiger partial charge is 0.239 e. The van der Waals surface area contributed by atoms with Crippen LogP contribution < -0.4 is 16.0 Å². The first kappa shape index (κ1) is 13.9. The van der Waals surface area contributed by atoms with Crippen LogP contribution in [0.25, 0.3) is 0 Å². The molecular weight excluding hydrogens is 238 g/mol. The van der Waals surface area contributed by atoms with Crippen LogP contribution in [0.15, 0.2) is 24.3 Å². The lowest BCUT2D eigenvalue weighted by molar-refractivity contribution is -0.119. The molecule has 1 fully saturated rings. The lowest BCUT2D eigenvalue weighted by Gasteiger charge is -2.25. The van der Waals surface area contributed by atoms with Gasteiger partial charge in [0, 0.05) is 18.3 Å². The lowest BCUT2D eigenvalue weighted by atomic mass is 10.1. The maximum Gasteiger partial charge on any atom is 0.239 e. The molecule has 3 N–H and O–H groups in total. The normalized spacial score (nSPS) is 14.2. The van der Waals surface area contributed by atoms with E-state index in [1.807, 2.05) is 12.1 Å². The minimum absolute atomic E-state index is 0.114. The van der Waals surface area contributed by atoms with E-state index in [0.29, 0.717) is 19.1 Å². The number of nitrogens with one attached hydrogen (secondary N) is 1. The maximum absolute atomic E-state index is 12.0. The van der Waals surface area contributed by atoms with Crippen LogP contribution in [0.3, 0.4) is 0 Å². The Hall–Kier alpha value is -1.55. The van der Waals surface area contributed by atoms with Crippen LogP contribution in [-0.4, -0.2) is 31.6 Å². The van der Waals surface area contributed by atoms with Crippen molar-refractivity contribution in [3.05, 3.63) is 29.8 Å². The molecule has 0 radical (unpaired) electrons. The quantitative estimate of drug-likeness (QED) is 0.780. The molecule has 1 aliphatic carbocycles. The number of aryl methyl sites for hydroxylation is 1. The van der Waals surface area contributed by atoms with Crippen molar-refractivity contribution in [3.63, 3.8) is 0 Å². The van der Waals surface area contributed by atoms with Crippen LogP contribution >= 0.6 is 0 Å². The van der Waals surface area contributed by atoms with Crippen molar-refractivity contribution in [2.24, 2.45) is 5.73 Å². The van der Waals surface area contributed by atoms with Gasteiger partial charge in [-0.25, -0.2) is 0 Å². The molecule has 0 spiro atoms. The van der Waals surface area contributed by atoms with Gasteiger partial charge >= 0.3 is 0 Å². The van der Waals surface area contributed by atoms with Crippen molar-refractivity contribution in [2.45, 2.75) is 32.2 Å². The molecule has 1 aromatic carbocycles. The zero-order valence-corrected chi connectivity index (χ0v) is 11.6. The van der Waals surface area contributed by atoms with E-state index in [9.17, 15) is 4.79 Å². The molecule has 0 aliphatic heterocycles. The van der Waals surface area contributed by atoms with Crippen LogP contribution in [-0.2, 0) is 4.79 Å². The highest BCUT2D eigenvalue weighted by Gasteiger charge is 2.24. The van der Waals surface area contributed by atoms with Gasteiger partial charge in [-0.15, -0.1) is 0 Å². The molecule has 1 amide bonds. The summed E-state index contributed by atoms with van der Waals surface area (Å²) >= 11 is 0. The Morgan fingerprint density at radius 2 is 2.16 bits per heavy atom. The summed E-state index contributed by atoms with van der Waals surface area (Å²) in [7, 11) is 0. The van der Waals surface area contributed by atoms with E-state index < -0.39 is 0 Å². The number of benzene rings is 1. The predicted molar refractivity (Wildman–Crippen MR) is 78.2 cm³/mol. The van der Waals surface area contributed by atoms with Crippen LogP contribution in [0.5, 0.6) is 0 Å². The number of anilines is 1. The third kappa shape index (κ3) is 4.24. The lowest BCUT2D eigenvalue weighted by Crippen LogP contribution is -2.39. The van der Waals surface area contributed by atoms with Gasteiger partial charge in [-0.1, -0.05) is 18.2 Å². The van der Waals surface area contributed by atoms with E-state index in [1.165, 1.54) is 5.56 Å². The summed E-state index contributed by atoms with van der Waals surface area (Å²) in [5.74, 6) is 0.114. The molecule has 0 aromatic heterocycles. The molecule has 19 heavy (non-hydrogen) atoms. The monoisotopic (exact) mass is 261 g/mol. The first-order chi connectivity index (χ1) is 9.20. The highest BCUT2D eigenvalue weighted by Crippen LogP contribution is 2.21. The summed E-state index contributed by atoms with van der Waals surface area (Å²) in [5.41, 5.74) is 7.91. The molecule has 0 atom stereocenters. The number of nitrogens with zero attached hydrogens (tertiary/aromatic N) is 1. The Morgan fingerprint density at radius 1 is 1.42 bits per heavy atom. The fraction of sp³-hybridized carbons (Fsp3) is 0.533. The number of carbonyl (C=O) groups excluding carboxylic acids is 1. The molecule has 1 saturated carbocycles. The molecular formula is C15H23N3O. The van der Waals surface area contributed by atoms with Gasteiger partial charge in [0.1, 0.15) is 0 Å². The van der Waals surface area contributed by atoms with Crippen molar-refractivity contribution >= 4 is 11.6 Å². The summed E-state index contributed by atoms with van der Waals surface area (Å²) in [6.45, 7) is 3.96. The van der Waals surface area contributed by atoms with Crippen LogP contribution in [0, 0.1) is 6.92 Å². The fourth-order valence-electron chi connectivity index (χ4n) is 2.16. The van der Waals surface area contributed by atoms with E-state index in [-0.39, 0.29) is 5.91 Å². The Kier molecular flexibility index (Phi) is 4.80. The van der Waals surface area contributed by atoms with Gasteiger partial charge < -0.3 is 16.0 Å². The first-order valence-electron chi connectivity index (χ1n) is 7.00. The number of nitrogens with two attached hydrogens (primary N) is 1. The average molecular weight is 261 g/mol. The molecule has 4 nitrogen and oxygen atoms in total. The molecule has 4 heteroatoms. The van der Waals surface area contributed by atoms with E-state index >= 15 is 0 Å². The molecule has 0 saturated heterocycles. The summed E-state index contributed by atoms with van der Waals surface area (Å²) in [5, 5.41) is 3.04. The minimum atomic E-state index is 0.114. The van der Waals surface area contributed by atoms with Gasteiger partial charge in [0.25, 0.3) is 0 Å². The summed E-state index contributed by atoms with van der Waals surface area (Å²) in [6.07, 6.45) is 3.14. The summed E-state index contributed by atoms with van der Waals surface area (Å²) < 4.78 is 0. The fourth-order valence-corrected chi connectivity index (χ4v) is 2.16. The molecule has 2 rings (SSSR count). The molecule has 1 aromatic rings. The van der Waals surface area contributed by atoms with Crippen LogP contribution in [0.2, 0.25) is 0 Å². The number of hydrogen-bond acceptors (Lipinski definition) is 3. The Bertz CT molecular complexity index is 429. The largest absolute Gasteiger partial charge is 0.362 e. The number of hydrogen-bond donors (Lipinski definition) is 2. The topological polar surface area (TPSA) is 58.4 Å². The van der Waals surface area contributed by atoms with Crippen LogP contribution in [0.1, 0.15) is 24.8 Å². The summed E-state index contributed by atoms with van der Waals surface area (Å²) in [6, 6.07) is 8.58. The first-order valence-corrected chi connectivity index (χ1v) is 7.00. The van der Waals surface area contributed by atoms with E-state index in [4.69, 9.17) is 5.73 Å². The van der Waals surface area contributed by atoms with Crippen LogP contribution in [0.4, 0.5) is 5.69 Å². The second-order valence-corrected chi connectivity index (χ2v) is 5.19. The van der Waals surface area contributed by atoms with Crippen molar-refractivity contribution in [1.82, 2.24) is 5.32 Å². The molecule has 0 unspecified atom stereocenters. The SMILES string of the molecule is Cc1ccccc1N(CCCN)CC(=O)NC1CC1. The Balaban J connectivity index is 2.01. The van der Waals surface area contributed by atoms with Crippen molar-refractivity contribution < 1.29 is 4.79 Å². The standard InChI is InChI=1S/C15H23N3O/c1-12-5-2-3-6-14(12)18(10-4-9-16)11-15(19)17-13-7-8-13/h2-3,5-6,13H,4,7-11,16H2,1H3,(H,17,19). The zero-order chi connectivity index (χ0) is 13.7. The van der Waals surface area contributed by atoms with Crippen molar-refractivity contribution in [3.8, 4) is 0 Å². The summed E-state index contributed by atoms with van der Waals surface area (Å²) in [4.78, 5) is 14.1. The maximum atomic E-state index is 12.0. The Morgan fingerprint density at radius 3 is 2.79 bits per heavy atom. The predicted octanol–water partition coefficient (Wildman–Crippen LogP) is 1.43. The molecule has 0 bridgehead atoms. The zero-order valence-electron chi connectivity index (χ0n) is 11.6. The second-order valence-electron chi connectivity index (χ2n) is 5.19. The number of amides is 1. The molecule has 0 heterocycles. The highest BCUT2D eigenvalue weighted by molar-refractivity contribution is 5.82. The molecule has 1 aliphatic rings. The Labute approximate surface area is 115 Å². The third-order valence-electron chi connectivity index (χ3n) is 3.37. The third-order valence-corrected chi connectivity index (χ3v) is 3.37. The van der Waals surface area contributed by atoms with Gasteiger partial charge in [-0.05, 0) is 44.4 Å². The van der Waals surface area contributed by atoms with Gasteiger partial charge in [0.15, 0.2) is 0 Å². The second kappa shape index (κ2) is 6.57.